The third-order valence-corrected chi connectivity index (χ3v) is 3.02. The van der Waals surface area contributed by atoms with E-state index in [-0.39, 0.29) is 23.9 Å². The van der Waals surface area contributed by atoms with Crippen molar-refractivity contribution in [2.75, 3.05) is 26.3 Å². The molecular formula is C12H22N2O4. The van der Waals surface area contributed by atoms with Crippen molar-refractivity contribution in [3.05, 3.63) is 0 Å². The molecule has 1 unspecified atom stereocenters. The monoisotopic (exact) mass is 258 g/mol. The van der Waals surface area contributed by atoms with E-state index < -0.39 is 5.97 Å². The zero-order valence-electron chi connectivity index (χ0n) is 11.2. The second-order valence-electron chi connectivity index (χ2n) is 5.57. The van der Waals surface area contributed by atoms with Crippen LogP contribution in [0.2, 0.25) is 0 Å². The number of carbonyl (C=O) groups excluding carboxylic acids is 1. The van der Waals surface area contributed by atoms with Gasteiger partial charge in [-0.3, -0.25) is 4.79 Å². The first-order chi connectivity index (χ1) is 8.30. The van der Waals surface area contributed by atoms with Crippen LogP contribution in [0.3, 0.4) is 0 Å². The van der Waals surface area contributed by atoms with E-state index in [0.29, 0.717) is 26.3 Å². The van der Waals surface area contributed by atoms with Gasteiger partial charge in [0, 0.05) is 19.1 Å². The molecule has 0 aromatic heterocycles. The molecule has 6 heteroatoms. The molecule has 0 saturated carbocycles. The molecule has 0 radical (unpaired) electrons. The fraction of sp³-hybridized carbons (Fsp3) is 0.833. The Labute approximate surface area is 107 Å². The van der Waals surface area contributed by atoms with Gasteiger partial charge in [-0.05, 0) is 5.41 Å². The Kier molecular flexibility index (Phi) is 4.95. The Morgan fingerprint density at radius 1 is 1.33 bits per heavy atom. The second-order valence-corrected chi connectivity index (χ2v) is 5.57. The molecule has 2 N–H and O–H groups in total. The van der Waals surface area contributed by atoms with Crippen molar-refractivity contribution in [1.82, 2.24) is 10.2 Å². The lowest BCUT2D eigenvalue weighted by Crippen LogP contribution is -2.52. The van der Waals surface area contributed by atoms with Gasteiger partial charge in [0.05, 0.1) is 19.6 Å². The number of carboxylic acids is 1. The number of rotatable bonds is 3. The first kappa shape index (κ1) is 14.8. The van der Waals surface area contributed by atoms with E-state index in [1.165, 1.54) is 0 Å². The number of carbonyl (C=O) groups is 2. The summed E-state index contributed by atoms with van der Waals surface area (Å²) in [6.45, 7) is 7.92. The predicted octanol–water partition coefficient (Wildman–Crippen LogP) is 0.918. The third-order valence-electron chi connectivity index (χ3n) is 3.02. The van der Waals surface area contributed by atoms with E-state index in [1.54, 1.807) is 4.90 Å². The van der Waals surface area contributed by atoms with E-state index in [9.17, 15) is 9.59 Å². The number of amides is 2. The van der Waals surface area contributed by atoms with Crippen molar-refractivity contribution < 1.29 is 19.4 Å². The highest BCUT2D eigenvalue weighted by molar-refractivity contribution is 5.76. The van der Waals surface area contributed by atoms with Crippen LogP contribution in [0.15, 0.2) is 0 Å². The van der Waals surface area contributed by atoms with Crippen LogP contribution in [0, 0.1) is 5.41 Å². The Morgan fingerprint density at radius 3 is 2.33 bits per heavy atom. The lowest BCUT2D eigenvalue weighted by molar-refractivity contribution is -0.138. The summed E-state index contributed by atoms with van der Waals surface area (Å²) < 4.78 is 5.17. The van der Waals surface area contributed by atoms with Crippen molar-refractivity contribution in [3.8, 4) is 0 Å². The summed E-state index contributed by atoms with van der Waals surface area (Å²) in [4.78, 5) is 24.5. The van der Waals surface area contributed by atoms with E-state index in [0.717, 1.165) is 0 Å². The van der Waals surface area contributed by atoms with Crippen LogP contribution >= 0.6 is 0 Å². The molecular weight excluding hydrogens is 236 g/mol. The zero-order valence-corrected chi connectivity index (χ0v) is 11.2. The smallest absolute Gasteiger partial charge is 0.317 e. The Bertz CT molecular complexity index is 306. The number of aliphatic carboxylic acids is 1. The van der Waals surface area contributed by atoms with Gasteiger partial charge in [-0.15, -0.1) is 0 Å². The van der Waals surface area contributed by atoms with E-state index in [2.05, 4.69) is 5.32 Å². The highest BCUT2D eigenvalue weighted by atomic mass is 16.5. The fourth-order valence-electron chi connectivity index (χ4n) is 1.76. The molecule has 1 heterocycles. The molecule has 0 aromatic carbocycles. The van der Waals surface area contributed by atoms with Crippen LogP contribution in [0.25, 0.3) is 0 Å². The van der Waals surface area contributed by atoms with E-state index in [1.807, 2.05) is 20.8 Å². The van der Waals surface area contributed by atoms with E-state index in [4.69, 9.17) is 9.84 Å². The molecule has 0 aliphatic carbocycles. The molecule has 1 fully saturated rings. The van der Waals surface area contributed by atoms with Crippen LogP contribution in [0.4, 0.5) is 4.79 Å². The SMILES string of the molecule is CC(C)(C)C(CC(=O)O)NC(=O)N1CCOCC1. The van der Waals surface area contributed by atoms with E-state index >= 15 is 0 Å². The van der Waals surface area contributed by atoms with Crippen molar-refractivity contribution in [2.45, 2.75) is 33.2 Å². The number of urea groups is 1. The van der Waals surface area contributed by atoms with Gasteiger partial charge in [0.15, 0.2) is 0 Å². The van der Waals surface area contributed by atoms with Gasteiger partial charge in [0.2, 0.25) is 0 Å². The van der Waals surface area contributed by atoms with Gasteiger partial charge in [-0.1, -0.05) is 20.8 Å². The molecule has 104 valence electrons. The van der Waals surface area contributed by atoms with Crippen molar-refractivity contribution in [2.24, 2.45) is 5.41 Å². The first-order valence-corrected chi connectivity index (χ1v) is 6.15. The van der Waals surface area contributed by atoms with Gasteiger partial charge in [-0.25, -0.2) is 4.79 Å². The average molecular weight is 258 g/mol. The summed E-state index contributed by atoms with van der Waals surface area (Å²) in [5.74, 6) is -0.905. The molecule has 0 aromatic rings. The lowest BCUT2D eigenvalue weighted by atomic mass is 9.85. The van der Waals surface area contributed by atoms with Crippen LogP contribution in [-0.4, -0.2) is 54.4 Å². The number of nitrogens with zero attached hydrogens (tertiary/aromatic N) is 1. The summed E-state index contributed by atoms with van der Waals surface area (Å²) >= 11 is 0. The number of carboxylic acid groups (broad SMARTS) is 1. The zero-order chi connectivity index (χ0) is 13.8. The summed E-state index contributed by atoms with van der Waals surface area (Å²) in [6.07, 6.45) is -0.0699. The average Bonchev–Trinajstić information content (AvgIpc) is 2.27. The molecule has 1 atom stereocenters. The van der Waals surface area contributed by atoms with Gasteiger partial charge in [-0.2, -0.15) is 0 Å². The normalized spacial score (nSPS) is 18.3. The number of nitrogens with one attached hydrogen (secondary N) is 1. The van der Waals surface area contributed by atoms with Crippen LogP contribution < -0.4 is 5.32 Å². The minimum atomic E-state index is -0.905. The van der Waals surface area contributed by atoms with Gasteiger partial charge in [0.25, 0.3) is 0 Å². The molecule has 0 spiro atoms. The number of hydrogen-bond donors (Lipinski definition) is 2. The Hall–Kier alpha value is -1.30. The van der Waals surface area contributed by atoms with Crippen LogP contribution in [-0.2, 0) is 9.53 Å². The fourth-order valence-corrected chi connectivity index (χ4v) is 1.76. The molecule has 1 rings (SSSR count). The topological polar surface area (TPSA) is 78.9 Å². The molecule has 6 nitrogen and oxygen atoms in total. The number of hydrogen-bond acceptors (Lipinski definition) is 3. The van der Waals surface area contributed by atoms with Gasteiger partial charge < -0.3 is 20.1 Å². The van der Waals surface area contributed by atoms with Gasteiger partial charge in [0.1, 0.15) is 0 Å². The molecule has 0 bridgehead atoms. The molecule has 1 aliphatic rings. The Morgan fingerprint density at radius 2 is 1.89 bits per heavy atom. The third kappa shape index (κ3) is 4.52. The second kappa shape index (κ2) is 6.04. The Balaban J connectivity index is 2.59. The molecule has 1 aliphatic heterocycles. The minimum Gasteiger partial charge on any atom is -0.481 e. The quantitative estimate of drug-likeness (QED) is 0.789. The predicted molar refractivity (Wildman–Crippen MR) is 66.4 cm³/mol. The molecule has 1 saturated heterocycles. The largest absolute Gasteiger partial charge is 0.481 e. The van der Waals surface area contributed by atoms with Crippen molar-refractivity contribution in [1.29, 1.82) is 0 Å². The highest BCUT2D eigenvalue weighted by Gasteiger charge is 2.30. The maximum atomic E-state index is 12.0. The standard InChI is InChI=1S/C12H22N2O4/c1-12(2,3)9(8-10(15)16)13-11(17)14-4-6-18-7-5-14/h9H,4-8H2,1-3H3,(H,13,17)(H,15,16). The number of morpholine rings is 1. The number of ether oxygens (including phenoxy) is 1. The highest BCUT2D eigenvalue weighted by Crippen LogP contribution is 2.22. The summed E-state index contributed by atoms with van der Waals surface area (Å²) in [6, 6.07) is -0.593. The van der Waals surface area contributed by atoms with Crippen molar-refractivity contribution in [3.63, 3.8) is 0 Å². The minimum absolute atomic E-state index is 0.0699. The summed E-state index contributed by atoms with van der Waals surface area (Å²) in [7, 11) is 0. The molecule has 2 amide bonds. The summed E-state index contributed by atoms with van der Waals surface area (Å²) in [5.41, 5.74) is -0.291. The first-order valence-electron chi connectivity index (χ1n) is 6.15. The maximum absolute atomic E-state index is 12.0. The van der Waals surface area contributed by atoms with Crippen LogP contribution in [0.1, 0.15) is 27.2 Å². The van der Waals surface area contributed by atoms with Crippen LogP contribution in [0.5, 0.6) is 0 Å². The summed E-state index contributed by atoms with van der Waals surface area (Å²) in [5, 5.41) is 11.7. The van der Waals surface area contributed by atoms with Gasteiger partial charge >= 0.3 is 12.0 Å². The lowest BCUT2D eigenvalue weighted by Gasteiger charge is -2.34. The maximum Gasteiger partial charge on any atom is 0.317 e. The molecule has 18 heavy (non-hydrogen) atoms. The van der Waals surface area contributed by atoms with Crippen molar-refractivity contribution >= 4 is 12.0 Å².